The van der Waals surface area contributed by atoms with Crippen LogP contribution in [0.25, 0.3) is 22.3 Å². The van der Waals surface area contributed by atoms with Crippen LogP contribution in [0.5, 0.6) is 0 Å². The van der Waals surface area contributed by atoms with Crippen LogP contribution < -0.4 is 11.4 Å². The molecule has 0 saturated carbocycles. The number of aliphatic hydroxyl groups is 1. The lowest BCUT2D eigenvalue weighted by atomic mass is 9.98. The molecule has 5 rings (SSSR count). The molecule has 0 bridgehead atoms. The summed E-state index contributed by atoms with van der Waals surface area (Å²) in [6.07, 6.45) is -0.0783. The third kappa shape index (κ3) is 2.34. The molecule has 3 aromatic rings. The fourth-order valence-corrected chi connectivity index (χ4v) is 4.01. The Hall–Kier alpha value is -3.59. The van der Waals surface area contributed by atoms with Gasteiger partial charge < -0.3 is 20.3 Å². The molecule has 29 heavy (non-hydrogen) atoms. The van der Waals surface area contributed by atoms with E-state index in [2.05, 4.69) is 10.1 Å². The van der Waals surface area contributed by atoms with E-state index in [9.17, 15) is 19.1 Å². The first-order chi connectivity index (χ1) is 13.9. The third-order valence-corrected chi connectivity index (χ3v) is 5.48. The fourth-order valence-electron chi connectivity index (χ4n) is 4.01. The third-order valence-electron chi connectivity index (χ3n) is 5.48. The number of carbonyl (C=O) groups is 1. The van der Waals surface area contributed by atoms with E-state index in [1.54, 1.807) is 19.1 Å². The summed E-state index contributed by atoms with van der Waals surface area (Å²) in [4.78, 5) is 29.3. The SMILES string of the molecule is Cc1cc2c(/C=N/N)c3c(nc2cc1F)-c1cc2c(c(=O)n1C3)COC(=O)[C@H]2O. The van der Waals surface area contributed by atoms with E-state index in [0.717, 1.165) is 0 Å². The average molecular weight is 394 g/mol. The minimum atomic E-state index is -1.54. The summed E-state index contributed by atoms with van der Waals surface area (Å²) in [5.41, 5.74) is 3.15. The summed E-state index contributed by atoms with van der Waals surface area (Å²) in [5, 5.41) is 14.5. The van der Waals surface area contributed by atoms with Crippen molar-refractivity contribution in [2.45, 2.75) is 26.2 Å². The number of cyclic esters (lactones) is 1. The highest BCUT2D eigenvalue weighted by molar-refractivity contribution is 6.02. The summed E-state index contributed by atoms with van der Waals surface area (Å²) >= 11 is 0. The molecule has 1 atom stereocenters. The highest BCUT2D eigenvalue weighted by Crippen LogP contribution is 2.37. The van der Waals surface area contributed by atoms with Crippen molar-refractivity contribution in [1.82, 2.24) is 9.55 Å². The lowest BCUT2D eigenvalue weighted by molar-refractivity contribution is -0.157. The minimum Gasteiger partial charge on any atom is -0.458 e. The highest BCUT2D eigenvalue weighted by Gasteiger charge is 2.34. The first kappa shape index (κ1) is 17.5. The molecule has 146 valence electrons. The molecule has 1 aromatic carbocycles. The predicted octanol–water partition coefficient (Wildman–Crippen LogP) is 1.26. The van der Waals surface area contributed by atoms with Crippen LogP contribution in [0.15, 0.2) is 28.1 Å². The molecule has 0 unspecified atom stereocenters. The van der Waals surface area contributed by atoms with Crippen LogP contribution in [0.3, 0.4) is 0 Å². The smallest absolute Gasteiger partial charge is 0.340 e. The number of hydrogen-bond acceptors (Lipinski definition) is 7. The number of halogens is 1. The van der Waals surface area contributed by atoms with Gasteiger partial charge in [-0.3, -0.25) is 4.79 Å². The zero-order chi connectivity index (χ0) is 20.4. The molecule has 0 amide bonds. The fraction of sp³-hybridized carbons (Fsp3) is 0.200. The van der Waals surface area contributed by atoms with Gasteiger partial charge in [0.2, 0.25) is 0 Å². The van der Waals surface area contributed by atoms with Gasteiger partial charge in [-0.15, -0.1) is 0 Å². The molecule has 2 aliphatic rings. The molecule has 2 aromatic heterocycles. The number of rotatable bonds is 1. The topological polar surface area (TPSA) is 120 Å². The van der Waals surface area contributed by atoms with Gasteiger partial charge >= 0.3 is 5.97 Å². The Morgan fingerprint density at radius 2 is 2.14 bits per heavy atom. The number of esters is 1. The van der Waals surface area contributed by atoms with Gasteiger partial charge in [-0.1, -0.05) is 0 Å². The van der Waals surface area contributed by atoms with Gasteiger partial charge in [0.25, 0.3) is 5.56 Å². The molecule has 3 N–H and O–H groups in total. The number of aliphatic hydroxyl groups excluding tert-OH is 1. The molecular weight excluding hydrogens is 379 g/mol. The number of hydrogen-bond donors (Lipinski definition) is 2. The number of nitrogens with two attached hydrogens (primary N) is 1. The molecule has 4 heterocycles. The Labute approximate surface area is 163 Å². The molecule has 0 radical (unpaired) electrons. The Morgan fingerprint density at radius 3 is 2.90 bits per heavy atom. The second-order valence-corrected chi connectivity index (χ2v) is 7.11. The molecular formula is C20H15FN4O4. The maximum absolute atomic E-state index is 14.2. The number of benzene rings is 1. The Morgan fingerprint density at radius 1 is 1.34 bits per heavy atom. The second kappa shape index (κ2) is 5.95. The summed E-state index contributed by atoms with van der Waals surface area (Å²) < 4.78 is 20.5. The number of nitrogens with zero attached hydrogens (tertiary/aromatic N) is 3. The van der Waals surface area contributed by atoms with E-state index in [0.29, 0.717) is 39.0 Å². The normalized spacial score (nSPS) is 17.3. The van der Waals surface area contributed by atoms with Crippen LogP contribution in [0, 0.1) is 12.7 Å². The van der Waals surface area contributed by atoms with Crippen molar-refractivity contribution in [3.8, 4) is 11.4 Å². The average Bonchev–Trinajstić information content (AvgIpc) is 3.05. The largest absolute Gasteiger partial charge is 0.458 e. The number of aromatic nitrogens is 2. The van der Waals surface area contributed by atoms with E-state index in [-0.39, 0.29) is 29.8 Å². The number of fused-ring (bicyclic) bond motifs is 5. The zero-order valence-electron chi connectivity index (χ0n) is 15.3. The zero-order valence-corrected chi connectivity index (χ0v) is 15.3. The van der Waals surface area contributed by atoms with Gasteiger partial charge in [-0.2, -0.15) is 5.10 Å². The van der Waals surface area contributed by atoms with E-state index in [1.807, 2.05) is 0 Å². The molecule has 2 aliphatic heterocycles. The van der Waals surface area contributed by atoms with Crippen LogP contribution >= 0.6 is 0 Å². The van der Waals surface area contributed by atoms with E-state index < -0.39 is 17.9 Å². The number of ether oxygens (including phenoxy) is 1. The maximum atomic E-state index is 14.2. The van der Waals surface area contributed by atoms with Crippen molar-refractivity contribution in [2.75, 3.05) is 0 Å². The second-order valence-electron chi connectivity index (χ2n) is 7.11. The number of pyridine rings is 2. The number of hydrazone groups is 1. The lowest BCUT2D eigenvalue weighted by Crippen LogP contribution is -2.32. The van der Waals surface area contributed by atoms with Gasteiger partial charge in [-0.25, -0.2) is 14.2 Å². The minimum absolute atomic E-state index is 0.197. The van der Waals surface area contributed by atoms with Gasteiger partial charge in [-0.05, 0) is 24.6 Å². The van der Waals surface area contributed by atoms with Crippen LogP contribution in [0.1, 0.15) is 33.9 Å². The number of aryl methyl sites for hydroxylation is 1. The Kier molecular flexibility index (Phi) is 3.59. The lowest BCUT2D eigenvalue weighted by Gasteiger charge is -2.21. The molecule has 8 nitrogen and oxygen atoms in total. The van der Waals surface area contributed by atoms with E-state index in [4.69, 9.17) is 10.6 Å². The number of carbonyl (C=O) groups excluding carboxylic acids is 1. The van der Waals surface area contributed by atoms with Crippen LogP contribution in [0.4, 0.5) is 4.39 Å². The Balaban J connectivity index is 1.85. The van der Waals surface area contributed by atoms with Crippen LogP contribution in [-0.2, 0) is 22.7 Å². The van der Waals surface area contributed by atoms with Gasteiger partial charge in [0.15, 0.2) is 6.10 Å². The van der Waals surface area contributed by atoms with Crippen molar-refractivity contribution in [3.63, 3.8) is 0 Å². The highest BCUT2D eigenvalue weighted by atomic mass is 19.1. The molecule has 0 aliphatic carbocycles. The summed E-state index contributed by atoms with van der Waals surface area (Å²) in [6.45, 7) is 1.66. The standard InChI is InChI=1S/C20H15FN4O4/c1-8-2-9-11(5-23-22)12-6-25-16(17(12)24-15(9)4-14(8)21)3-10-13(19(25)27)7-29-20(28)18(10)26/h2-5,18,26H,6-7,22H2,1H3/b23-5+/t18-/m0/s1. The molecule has 0 spiro atoms. The van der Waals surface area contributed by atoms with E-state index >= 15 is 0 Å². The van der Waals surface area contributed by atoms with Crippen molar-refractivity contribution < 1.29 is 19.0 Å². The maximum Gasteiger partial charge on any atom is 0.340 e. The molecule has 0 saturated heterocycles. The monoisotopic (exact) mass is 394 g/mol. The van der Waals surface area contributed by atoms with Crippen molar-refractivity contribution in [1.29, 1.82) is 0 Å². The van der Waals surface area contributed by atoms with Gasteiger partial charge in [0, 0.05) is 28.1 Å². The summed E-state index contributed by atoms with van der Waals surface area (Å²) in [7, 11) is 0. The van der Waals surface area contributed by atoms with Gasteiger partial charge in [0.05, 0.1) is 35.2 Å². The van der Waals surface area contributed by atoms with Crippen molar-refractivity contribution in [3.05, 3.63) is 62.2 Å². The Bertz CT molecular complexity index is 1330. The van der Waals surface area contributed by atoms with Crippen molar-refractivity contribution in [2.24, 2.45) is 10.9 Å². The first-order valence-electron chi connectivity index (χ1n) is 8.88. The quantitative estimate of drug-likeness (QED) is 0.217. The first-order valence-corrected chi connectivity index (χ1v) is 8.88. The predicted molar refractivity (Wildman–Crippen MR) is 102 cm³/mol. The summed E-state index contributed by atoms with van der Waals surface area (Å²) in [5.74, 6) is 4.19. The van der Waals surface area contributed by atoms with E-state index in [1.165, 1.54) is 16.8 Å². The molecule has 0 fully saturated rings. The van der Waals surface area contributed by atoms with Gasteiger partial charge in [0.1, 0.15) is 12.4 Å². The molecule has 9 heteroatoms. The van der Waals surface area contributed by atoms with Crippen LogP contribution in [0.2, 0.25) is 0 Å². The van der Waals surface area contributed by atoms with Crippen LogP contribution in [-0.4, -0.2) is 26.8 Å². The summed E-state index contributed by atoms with van der Waals surface area (Å²) in [6, 6.07) is 4.56. The van der Waals surface area contributed by atoms with Crippen molar-refractivity contribution >= 4 is 23.1 Å².